The maximum Gasteiger partial charge on any atom is 0.0836 e. The highest BCUT2D eigenvalue weighted by Gasteiger charge is 2.23. The van der Waals surface area contributed by atoms with Gasteiger partial charge < -0.3 is 15.7 Å². The summed E-state index contributed by atoms with van der Waals surface area (Å²) in [6, 6.07) is 34.3. The van der Waals surface area contributed by atoms with Gasteiger partial charge in [0.2, 0.25) is 0 Å². The summed E-state index contributed by atoms with van der Waals surface area (Å²) in [7, 11) is 3.98. The van der Waals surface area contributed by atoms with Crippen LogP contribution in [0.15, 0.2) is 109 Å². The molecular formula is C38H42N2O. The summed E-state index contributed by atoms with van der Waals surface area (Å²) in [6.07, 6.45) is 9.23. The Morgan fingerprint density at radius 2 is 1.00 bits per heavy atom. The van der Waals surface area contributed by atoms with Gasteiger partial charge >= 0.3 is 0 Å². The summed E-state index contributed by atoms with van der Waals surface area (Å²) in [6.45, 7) is 1.98. The molecule has 41 heavy (non-hydrogen) atoms. The second-order valence-corrected chi connectivity index (χ2v) is 10.8. The Hall–Kier alpha value is -3.76. The van der Waals surface area contributed by atoms with Crippen LogP contribution in [0.4, 0.5) is 0 Å². The first-order valence-electron chi connectivity index (χ1n) is 14.9. The Kier molecular flexibility index (Phi) is 9.98. The van der Waals surface area contributed by atoms with E-state index in [1.165, 1.54) is 44.5 Å². The van der Waals surface area contributed by atoms with Gasteiger partial charge in [0.1, 0.15) is 0 Å². The smallest absolute Gasteiger partial charge is 0.0836 e. The van der Waals surface area contributed by atoms with Gasteiger partial charge in [-0.3, -0.25) is 0 Å². The van der Waals surface area contributed by atoms with E-state index in [0.717, 1.165) is 49.9 Å². The van der Waals surface area contributed by atoms with Crippen molar-refractivity contribution in [1.29, 1.82) is 0 Å². The van der Waals surface area contributed by atoms with Gasteiger partial charge in [-0.05, 0) is 109 Å². The van der Waals surface area contributed by atoms with Crippen LogP contribution < -0.4 is 10.6 Å². The van der Waals surface area contributed by atoms with Gasteiger partial charge in [0.15, 0.2) is 0 Å². The van der Waals surface area contributed by atoms with E-state index in [2.05, 4.69) is 95.6 Å². The van der Waals surface area contributed by atoms with E-state index in [4.69, 9.17) is 0 Å². The lowest BCUT2D eigenvalue weighted by Gasteiger charge is -2.13. The minimum atomic E-state index is -0.433. The lowest BCUT2D eigenvalue weighted by molar-refractivity contribution is 0.179. The molecule has 4 aromatic rings. The zero-order chi connectivity index (χ0) is 28.4. The fraction of sp³-hybridized carbons (Fsp3) is 0.263. The Morgan fingerprint density at radius 3 is 1.54 bits per heavy atom. The van der Waals surface area contributed by atoms with E-state index in [1.807, 2.05) is 38.4 Å². The highest BCUT2D eigenvalue weighted by atomic mass is 16.3. The molecule has 2 aliphatic carbocycles. The molecule has 0 aromatic heterocycles. The molecule has 0 aliphatic heterocycles. The number of hydrogen-bond donors (Lipinski definition) is 3. The molecule has 3 heteroatoms. The SMILES string of the molecule is CNCC/C=C1\c2ccccc2CC(O)c2ccccc21.CNCCC=C1c2ccccc2CCc2ccccc21. The van der Waals surface area contributed by atoms with Crippen LogP contribution in [0.25, 0.3) is 11.1 Å². The molecule has 0 saturated carbocycles. The number of hydrogen-bond acceptors (Lipinski definition) is 3. The third-order valence-electron chi connectivity index (χ3n) is 8.10. The average molecular weight is 543 g/mol. The minimum Gasteiger partial charge on any atom is -0.388 e. The highest BCUT2D eigenvalue weighted by molar-refractivity contribution is 5.85. The number of aryl methyl sites for hydroxylation is 2. The number of aliphatic hydroxyl groups excluding tert-OH is 1. The molecule has 0 heterocycles. The first kappa shape index (κ1) is 28.8. The summed E-state index contributed by atoms with van der Waals surface area (Å²) in [5.41, 5.74) is 13.1. The molecule has 0 amide bonds. The molecule has 1 unspecified atom stereocenters. The van der Waals surface area contributed by atoms with E-state index < -0.39 is 6.10 Å². The molecule has 3 nitrogen and oxygen atoms in total. The van der Waals surface area contributed by atoms with Gasteiger partial charge in [-0.1, -0.05) is 109 Å². The first-order valence-corrected chi connectivity index (χ1v) is 14.9. The molecule has 6 rings (SSSR count). The predicted molar refractivity (Wildman–Crippen MR) is 173 cm³/mol. The van der Waals surface area contributed by atoms with Gasteiger partial charge in [0, 0.05) is 6.42 Å². The average Bonchev–Trinajstić information content (AvgIpc) is 3.24. The van der Waals surface area contributed by atoms with Crippen LogP contribution in [0.3, 0.4) is 0 Å². The van der Waals surface area contributed by atoms with Crippen molar-refractivity contribution in [2.75, 3.05) is 27.2 Å². The molecule has 2 aliphatic rings. The summed E-state index contributed by atoms with van der Waals surface area (Å²) in [5.74, 6) is 0. The second-order valence-electron chi connectivity index (χ2n) is 10.8. The van der Waals surface area contributed by atoms with E-state index in [0.29, 0.717) is 6.42 Å². The molecule has 0 fully saturated rings. The van der Waals surface area contributed by atoms with E-state index in [-0.39, 0.29) is 0 Å². The van der Waals surface area contributed by atoms with E-state index >= 15 is 0 Å². The van der Waals surface area contributed by atoms with Crippen LogP contribution in [0.5, 0.6) is 0 Å². The molecule has 0 saturated heterocycles. The topological polar surface area (TPSA) is 44.3 Å². The van der Waals surface area contributed by atoms with Gasteiger partial charge in [0.25, 0.3) is 0 Å². The normalized spacial score (nSPS) is 16.2. The van der Waals surface area contributed by atoms with Crippen LogP contribution in [0.1, 0.15) is 63.5 Å². The molecule has 0 bridgehead atoms. The fourth-order valence-electron chi connectivity index (χ4n) is 6.04. The third kappa shape index (κ3) is 6.77. The number of rotatable bonds is 6. The van der Waals surface area contributed by atoms with Crippen molar-refractivity contribution in [3.8, 4) is 0 Å². The van der Waals surface area contributed by atoms with Crippen molar-refractivity contribution in [2.45, 2.75) is 38.2 Å². The number of nitrogens with one attached hydrogen (secondary N) is 2. The van der Waals surface area contributed by atoms with Crippen molar-refractivity contribution >= 4 is 11.1 Å². The maximum atomic E-state index is 10.5. The van der Waals surface area contributed by atoms with Crippen LogP contribution in [0, 0.1) is 0 Å². The predicted octanol–water partition coefficient (Wildman–Crippen LogP) is 7.14. The quantitative estimate of drug-likeness (QED) is 0.227. The Bertz CT molecular complexity index is 1470. The van der Waals surface area contributed by atoms with Crippen molar-refractivity contribution in [3.05, 3.63) is 154 Å². The molecule has 0 radical (unpaired) electrons. The number of aliphatic hydroxyl groups is 1. The second kappa shape index (κ2) is 14.2. The molecule has 1 atom stereocenters. The zero-order valence-electron chi connectivity index (χ0n) is 24.4. The summed E-state index contributed by atoms with van der Waals surface area (Å²) < 4.78 is 0. The van der Waals surface area contributed by atoms with Gasteiger partial charge in [0.05, 0.1) is 6.10 Å². The van der Waals surface area contributed by atoms with Gasteiger partial charge in [-0.25, -0.2) is 0 Å². The molecule has 4 aromatic carbocycles. The molecular weight excluding hydrogens is 500 g/mol. The minimum absolute atomic E-state index is 0.433. The Labute approximate surface area is 245 Å². The van der Waals surface area contributed by atoms with Crippen LogP contribution in [-0.2, 0) is 19.3 Å². The lowest BCUT2D eigenvalue weighted by Crippen LogP contribution is -2.06. The van der Waals surface area contributed by atoms with E-state index in [9.17, 15) is 5.11 Å². The Balaban J connectivity index is 0.000000165. The highest BCUT2D eigenvalue weighted by Crippen LogP contribution is 2.37. The number of benzene rings is 4. The third-order valence-corrected chi connectivity index (χ3v) is 8.10. The number of fused-ring (bicyclic) bond motifs is 4. The first-order chi connectivity index (χ1) is 20.2. The largest absolute Gasteiger partial charge is 0.388 e. The lowest BCUT2D eigenvalue weighted by atomic mass is 9.93. The van der Waals surface area contributed by atoms with Crippen molar-refractivity contribution in [3.63, 3.8) is 0 Å². The standard InChI is InChI=1S/C19H21NO.C19H21N/c1-20-12-6-11-16-15-8-3-2-7-14(15)13-19(21)18-10-5-4-9-17(16)18;1-20-14-6-11-19-17-9-4-2-7-15(17)12-13-16-8-3-5-10-18(16)19/h2-5,7-11,19-21H,6,12-13H2,1H3;2-5,7-11,20H,6,12-14H2,1H3/b16-11+;. The van der Waals surface area contributed by atoms with Crippen molar-refractivity contribution < 1.29 is 5.11 Å². The molecule has 0 spiro atoms. The zero-order valence-corrected chi connectivity index (χ0v) is 24.4. The molecule has 3 N–H and O–H groups in total. The van der Waals surface area contributed by atoms with Crippen LogP contribution in [0.2, 0.25) is 0 Å². The van der Waals surface area contributed by atoms with Gasteiger partial charge in [-0.15, -0.1) is 0 Å². The summed E-state index contributed by atoms with van der Waals surface area (Å²) in [4.78, 5) is 0. The van der Waals surface area contributed by atoms with Crippen LogP contribution in [-0.4, -0.2) is 32.3 Å². The monoisotopic (exact) mass is 542 g/mol. The van der Waals surface area contributed by atoms with Crippen molar-refractivity contribution in [1.82, 2.24) is 10.6 Å². The van der Waals surface area contributed by atoms with Crippen molar-refractivity contribution in [2.24, 2.45) is 0 Å². The molecule has 210 valence electrons. The summed E-state index contributed by atoms with van der Waals surface area (Å²) >= 11 is 0. The Morgan fingerprint density at radius 1 is 0.585 bits per heavy atom. The van der Waals surface area contributed by atoms with E-state index in [1.54, 1.807) is 0 Å². The maximum absolute atomic E-state index is 10.5. The fourth-order valence-corrected chi connectivity index (χ4v) is 6.04. The van der Waals surface area contributed by atoms with Crippen LogP contribution >= 0.6 is 0 Å². The van der Waals surface area contributed by atoms with Gasteiger partial charge in [-0.2, -0.15) is 0 Å². The summed E-state index contributed by atoms with van der Waals surface area (Å²) in [5, 5.41) is 16.9.